The van der Waals surface area contributed by atoms with E-state index >= 15 is 0 Å². The van der Waals surface area contributed by atoms with E-state index in [4.69, 9.17) is 5.73 Å². The number of hydrogen-bond donors (Lipinski definition) is 1. The molecule has 3 aromatic rings. The van der Waals surface area contributed by atoms with Crippen LogP contribution < -0.4 is 5.73 Å². The van der Waals surface area contributed by atoms with Crippen LogP contribution in [0.15, 0.2) is 66.0 Å². The van der Waals surface area contributed by atoms with Gasteiger partial charge in [0.1, 0.15) is 5.82 Å². The molecule has 1 fully saturated rings. The highest BCUT2D eigenvalue weighted by atomic mass is 32.1. The zero-order valence-electron chi connectivity index (χ0n) is 16.5. The van der Waals surface area contributed by atoms with Gasteiger partial charge in [0, 0.05) is 18.0 Å². The molecule has 4 nitrogen and oxygen atoms in total. The fourth-order valence-corrected chi connectivity index (χ4v) is 4.95. The number of amides is 2. The van der Waals surface area contributed by atoms with Crippen molar-refractivity contribution in [3.05, 3.63) is 83.0 Å². The number of likely N-dealkylation sites (tertiary alicyclic amines) is 1. The highest BCUT2D eigenvalue weighted by Crippen LogP contribution is 2.38. The molecule has 1 aromatic heterocycles. The topological polar surface area (TPSA) is 63.4 Å². The van der Waals surface area contributed by atoms with Gasteiger partial charge in [-0.05, 0) is 53.1 Å². The van der Waals surface area contributed by atoms with Gasteiger partial charge in [-0.1, -0.05) is 42.5 Å². The van der Waals surface area contributed by atoms with Crippen LogP contribution in [-0.4, -0.2) is 29.8 Å². The van der Waals surface area contributed by atoms with Crippen LogP contribution >= 0.6 is 11.3 Å². The second kappa shape index (κ2) is 8.40. The van der Waals surface area contributed by atoms with E-state index in [2.05, 4.69) is 12.1 Å². The number of halogens is 1. The normalized spacial score (nSPS) is 18.5. The van der Waals surface area contributed by atoms with E-state index in [9.17, 15) is 14.0 Å². The van der Waals surface area contributed by atoms with Gasteiger partial charge >= 0.3 is 0 Å². The van der Waals surface area contributed by atoms with E-state index in [0.29, 0.717) is 24.9 Å². The first-order chi connectivity index (χ1) is 14.5. The molecule has 6 heteroatoms. The van der Waals surface area contributed by atoms with E-state index in [0.717, 1.165) is 16.0 Å². The Morgan fingerprint density at radius 2 is 1.93 bits per heavy atom. The van der Waals surface area contributed by atoms with Gasteiger partial charge in [0.25, 0.3) is 0 Å². The molecule has 4 rings (SSSR count). The van der Waals surface area contributed by atoms with Gasteiger partial charge in [-0.2, -0.15) is 0 Å². The first kappa shape index (κ1) is 20.3. The van der Waals surface area contributed by atoms with E-state index in [1.54, 1.807) is 28.4 Å². The Morgan fingerprint density at radius 3 is 2.67 bits per heavy atom. The number of nitrogens with zero attached hydrogens (tertiary/aromatic N) is 1. The van der Waals surface area contributed by atoms with Gasteiger partial charge in [0.05, 0.1) is 11.8 Å². The van der Waals surface area contributed by atoms with E-state index in [-0.39, 0.29) is 30.6 Å². The summed E-state index contributed by atoms with van der Waals surface area (Å²) in [4.78, 5) is 28.2. The van der Waals surface area contributed by atoms with Crippen LogP contribution in [0.2, 0.25) is 0 Å². The lowest BCUT2D eigenvalue weighted by Gasteiger charge is -2.27. The summed E-state index contributed by atoms with van der Waals surface area (Å²) >= 11 is 1.65. The number of carbonyl (C=O) groups excluding carboxylic acids is 2. The third kappa shape index (κ3) is 4.14. The molecule has 0 aliphatic carbocycles. The molecule has 1 atom stereocenters. The maximum absolute atomic E-state index is 13.4. The van der Waals surface area contributed by atoms with Crippen LogP contribution in [0.3, 0.4) is 0 Å². The van der Waals surface area contributed by atoms with Crippen LogP contribution in [0.4, 0.5) is 4.39 Å². The van der Waals surface area contributed by atoms with Crippen LogP contribution in [0.1, 0.15) is 17.5 Å². The number of rotatable bonds is 6. The van der Waals surface area contributed by atoms with Crippen LogP contribution in [0.5, 0.6) is 0 Å². The maximum Gasteiger partial charge on any atom is 0.227 e. The minimum atomic E-state index is -0.801. The van der Waals surface area contributed by atoms with Crippen molar-refractivity contribution >= 4 is 23.2 Å². The smallest absolute Gasteiger partial charge is 0.227 e. The largest absolute Gasteiger partial charge is 0.369 e. The van der Waals surface area contributed by atoms with E-state index in [1.165, 1.54) is 12.1 Å². The van der Waals surface area contributed by atoms with Crippen molar-refractivity contribution in [3.63, 3.8) is 0 Å². The Labute approximate surface area is 179 Å². The van der Waals surface area contributed by atoms with Gasteiger partial charge in [0.15, 0.2) is 0 Å². The lowest BCUT2D eigenvalue weighted by molar-refractivity contribution is -0.131. The zero-order valence-corrected chi connectivity index (χ0v) is 17.3. The van der Waals surface area contributed by atoms with E-state index < -0.39 is 5.41 Å². The first-order valence-corrected chi connectivity index (χ1v) is 10.8. The third-order valence-corrected chi connectivity index (χ3v) is 6.71. The molecule has 2 heterocycles. The van der Waals surface area contributed by atoms with E-state index in [1.807, 2.05) is 29.6 Å². The Bertz CT molecular complexity index is 1070. The van der Waals surface area contributed by atoms with Gasteiger partial charge in [-0.3, -0.25) is 9.59 Å². The summed E-state index contributed by atoms with van der Waals surface area (Å²) in [5.41, 5.74) is 7.83. The van der Waals surface area contributed by atoms with Crippen molar-refractivity contribution in [1.29, 1.82) is 0 Å². The van der Waals surface area contributed by atoms with Crippen molar-refractivity contribution in [2.45, 2.75) is 19.3 Å². The summed E-state index contributed by atoms with van der Waals surface area (Å²) in [5.74, 6) is -0.863. The minimum absolute atomic E-state index is 0.110. The quantitative estimate of drug-likeness (QED) is 0.652. The Balaban J connectivity index is 1.54. The predicted octanol–water partition coefficient (Wildman–Crippen LogP) is 4.04. The van der Waals surface area contributed by atoms with Crippen molar-refractivity contribution in [1.82, 2.24) is 4.90 Å². The van der Waals surface area contributed by atoms with Crippen LogP contribution in [0, 0.1) is 11.2 Å². The summed E-state index contributed by atoms with van der Waals surface area (Å²) in [6.45, 7) is 0.757. The summed E-state index contributed by atoms with van der Waals surface area (Å²) < 4.78 is 13.4. The molecule has 2 aromatic carbocycles. The molecule has 0 radical (unpaired) electrons. The molecule has 0 saturated carbocycles. The average Bonchev–Trinajstić information content (AvgIpc) is 3.39. The van der Waals surface area contributed by atoms with Crippen LogP contribution in [-0.2, 0) is 22.4 Å². The molecular formula is C24H23FN2O2S. The average molecular weight is 423 g/mol. The SMILES string of the molecule is NC(=O)[C@@]1(Cc2ccccc2-c2cccs2)CCN(C(=O)Cc2cccc(F)c2)C1. The van der Waals surface area contributed by atoms with Gasteiger partial charge in [-0.25, -0.2) is 4.39 Å². The molecule has 0 unspecified atom stereocenters. The first-order valence-electron chi connectivity index (χ1n) is 9.91. The summed E-state index contributed by atoms with van der Waals surface area (Å²) in [5, 5.41) is 2.03. The number of hydrogen-bond acceptors (Lipinski definition) is 3. The monoisotopic (exact) mass is 422 g/mol. The fourth-order valence-electron chi connectivity index (χ4n) is 4.16. The number of carbonyl (C=O) groups is 2. The van der Waals surface area contributed by atoms with Crippen molar-refractivity contribution in [2.75, 3.05) is 13.1 Å². The second-order valence-corrected chi connectivity index (χ2v) is 8.78. The zero-order chi connectivity index (χ0) is 21.1. The highest BCUT2D eigenvalue weighted by Gasteiger charge is 2.45. The van der Waals surface area contributed by atoms with Gasteiger partial charge in [-0.15, -0.1) is 11.3 Å². The van der Waals surface area contributed by atoms with Crippen molar-refractivity contribution in [3.8, 4) is 10.4 Å². The highest BCUT2D eigenvalue weighted by molar-refractivity contribution is 7.13. The minimum Gasteiger partial charge on any atom is -0.369 e. The van der Waals surface area contributed by atoms with Crippen molar-refractivity contribution < 1.29 is 14.0 Å². The van der Waals surface area contributed by atoms with Crippen molar-refractivity contribution in [2.24, 2.45) is 11.1 Å². The Kier molecular flexibility index (Phi) is 5.68. The molecule has 1 aliphatic rings. The maximum atomic E-state index is 13.4. The molecule has 0 bridgehead atoms. The molecule has 0 spiro atoms. The summed E-state index contributed by atoms with van der Waals surface area (Å²) in [7, 11) is 0. The van der Waals surface area contributed by atoms with Crippen LogP contribution in [0.25, 0.3) is 10.4 Å². The molecule has 154 valence electrons. The lowest BCUT2D eigenvalue weighted by atomic mass is 9.79. The molecule has 1 aliphatic heterocycles. The standard InChI is InChI=1S/C24H23FN2O2S/c25-19-7-3-5-17(13-19)14-22(28)27-11-10-24(16-27,23(26)29)15-18-6-1-2-8-20(18)21-9-4-12-30-21/h1-9,12-13H,10-11,14-16H2,(H2,26,29)/t24-/m1/s1. The summed E-state index contributed by atoms with van der Waals surface area (Å²) in [6, 6.07) is 18.1. The second-order valence-electron chi connectivity index (χ2n) is 7.83. The molecular weight excluding hydrogens is 399 g/mol. The number of benzene rings is 2. The molecule has 1 saturated heterocycles. The third-order valence-electron chi connectivity index (χ3n) is 5.81. The lowest BCUT2D eigenvalue weighted by Crippen LogP contribution is -2.42. The Hall–Kier alpha value is -2.99. The number of primary amides is 1. The molecule has 30 heavy (non-hydrogen) atoms. The predicted molar refractivity (Wildman–Crippen MR) is 116 cm³/mol. The number of nitrogens with two attached hydrogens (primary N) is 1. The Morgan fingerprint density at radius 1 is 1.10 bits per heavy atom. The number of thiophene rings is 1. The summed E-state index contributed by atoms with van der Waals surface area (Å²) in [6.07, 6.45) is 1.12. The van der Waals surface area contributed by atoms with Gasteiger partial charge in [0.2, 0.25) is 11.8 Å². The fraction of sp³-hybridized carbons (Fsp3) is 0.250. The molecule has 2 amide bonds. The molecule has 2 N–H and O–H groups in total. The van der Waals surface area contributed by atoms with Gasteiger partial charge < -0.3 is 10.6 Å².